The van der Waals surface area contributed by atoms with Gasteiger partial charge >= 0.3 is 0 Å². The maximum atomic E-state index is 6.33. The van der Waals surface area contributed by atoms with Gasteiger partial charge in [0.25, 0.3) is 0 Å². The third kappa shape index (κ3) is 2.35. The monoisotopic (exact) mass is 301 g/mol. The molecule has 4 heteroatoms. The van der Waals surface area contributed by atoms with Crippen LogP contribution in [0, 0.1) is 5.92 Å². The van der Waals surface area contributed by atoms with Crippen LogP contribution in [0.4, 0.5) is 0 Å². The molecule has 4 nitrogen and oxygen atoms in total. The van der Waals surface area contributed by atoms with Crippen molar-refractivity contribution in [1.29, 1.82) is 0 Å². The molecule has 1 spiro atoms. The Labute approximate surface area is 131 Å². The second-order valence-corrected chi connectivity index (χ2v) is 6.57. The van der Waals surface area contributed by atoms with Crippen LogP contribution in [0.1, 0.15) is 24.5 Å². The lowest BCUT2D eigenvalue weighted by Gasteiger charge is -2.36. The minimum Gasteiger partial charge on any atom is -0.497 e. The van der Waals surface area contributed by atoms with Crippen molar-refractivity contribution in [1.82, 2.24) is 4.90 Å². The molecule has 0 radical (unpaired) electrons. The molecule has 2 heterocycles. The Kier molecular flexibility index (Phi) is 3.48. The topological polar surface area (TPSA) is 30.9 Å². The van der Waals surface area contributed by atoms with E-state index >= 15 is 0 Å². The quantitative estimate of drug-likeness (QED) is 0.786. The summed E-state index contributed by atoms with van der Waals surface area (Å²) in [5, 5.41) is 0. The van der Waals surface area contributed by atoms with Crippen LogP contribution >= 0.6 is 0 Å². The number of fused-ring (bicyclic) bond motifs is 1. The molecule has 0 aromatic heterocycles. The molecule has 118 valence electrons. The zero-order chi connectivity index (χ0) is 15.2. The Balaban J connectivity index is 1.51. The van der Waals surface area contributed by atoms with Crippen molar-refractivity contribution in [2.75, 3.05) is 27.3 Å². The van der Waals surface area contributed by atoms with Gasteiger partial charge in [0.1, 0.15) is 11.9 Å². The number of hydrogen-bond donors (Lipinski definition) is 0. The first-order chi connectivity index (χ1) is 10.7. The van der Waals surface area contributed by atoms with Gasteiger partial charge in [0.2, 0.25) is 0 Å². The number of rotatable bonds is 2. The van der Waals surface area contributed by atoms with Crippen LogP contribution in [-0.2, 0) is 9.47 Å². The molecule has 1 aromatic carbocycles. The second kappa shape index (κ2) is 5.37. The van der Waals surface area contributed by atoms with Crippen molar-refractivity contribution in [2.45, 2.75) is 30.8 Å². The zero-order valence-corrected chi connectivity index (χ0v) is 13.2. The van der Waals surface area contributed by atoms with Crippen LogP contribution in [0.25, 0.3) is 0 Å². The number of likely N-dealkylation sites (tertiary alicyclic amines) is 1. The van der Waals surface area contributed by atoms with Gasteiger partial charge in [-0.2, -0.15) is 0 Å². The van der Waals surface area contributed by atoms with Crippen molar-refractivity contribution in [3.8, 4) is 5.75 Å². The van der Waals surface area contributed by atoms with Gasteiger partial charge in [-0.3, -0.25) is 0 Å². The lowest BCUT2D eigenvalue weighted by molar-refractivity contribution is -0.148. The van der Waals surface area contributed by atoms with E-state index in [4.69, 9.17) is 14.2 Å². The van der Waals surface area contributed by atoms with Gasteiger partial charge in [0.15, 0.2) is 5.79 Å². The predicted molar refractivity (Wildman–Crippen MR) is 83.8 cm³/mol. The third-order valence-electron chi connectivity index (χ3n) is 5.27. The van der Waals surface area contributed by atoms with Crippen molar-refractivity contribution in [3.63, 3.8) is 0 Å². The Morgan fingerprint density at radius 3 is 2.86 bits per heavy atom. The molecule has 0 bridgehead atoms. The standard InChI is InChI=1S/C18H23NO3/c1-19-10-8-13-7-9-18(11-16(13)19)21-12-17(22-18)14-3-5-15(20-2)6-4-14/h3-7,9,13,16-17H,8,10-12H2,1-2H3. The molecule has 1 aromatic rings. The van der Waals surface area contributed by atoms with Crippen LogP contribution in [0.5, 0.6) is 5.75 Å². The molecule has 4 atom stereocenters. The van der Waals surface area contributed by atoms with Crippen molar-refractivity contribution in [2.24, 2.45) is 5.92 Å². The maximum Gasteiger partial charge on any atom is 0.190 e. The summed E-state index contributed by atoms with van der Waals surface area (Å²) in [5.41, 5.74) is 1.15. The number of benzene rings is 1. The normalized spacial score (nSPS) is 37.6. The molecule has 2 aliphatic heterocycles. The summed E-state index contributed by atoms with van der Waals surface area (Å²) in [6.45, 7) is 1.77. The third-order valence-corrected chi connectivity index (χ3v) is 5.27. The maximum absolute atomic E-state index is 6.33. The molecule has 4 unspecified atom stereocenters. The molecule has 0 N–H and O–H groups in total. The highest BCUT2D eigenvalue weighted by Crippen LogP contribution is 2.44. The molecular weight excluding hydrogens is 278 g/mol. The van der Waals surface area contributed by atoms with E-state index in [1.54, 1.807) is 7.11 Å². The number of methoxy groups -OCH3 is 1. The minimum atomic E-state index is -0.537. The zero-order valence-electron chi connectivity index (χ0n) is 13.2. The summed E-state index contributed by atoms with van der Waals surface area (Å²) in [4.78, 5) is 2.43. The van der Waals surface area contributed by atoms with E-state index in [-0.39, 0.29) is 6.10 Å². The number of nitrogens with zero attached hydrogens (tertiary/aromatic N) is 1. The van der Waals surface area contributed by atoms with E-state index in [0.717, 1.165) is 24.3 Å². The van der Waals surface area contributed by atoms with Gasteiger partial charge in [-0.05, 0) is 49.7 Å². The Bertz CT molecular complexity index is 570. The van der Waals surface area contributed by atoms with Crippen LogP contribution in [0.15, 0.2) is 36.4 Å². The fourth-order valence-electron chi connectivity index (χ4n) is 3.90. The molecular formula is C18H23NO3. The van der Waals surface area contributed by atoms with Crippen LogP contribution < -0.4 is 4.74 Å². The number of hydrogen-bond acceptors (Lipinski definition) is 4. The van der Waals surface area contributed by atoms with Gasteiger partial charge in [-0.1, -0.05) is 18.2 Å². The predicted octanol–water partition coefficient (Wildman–Crippen LogP) is 2.76. The lowest BCUT2D eigenvalue weighted by atomic mass is 9.87. The largest absolute Gasteiger partial charge is 0.497 e. The summed E-state index contributed by atoms with van der Waals surface area (Å²) in [6, 6.07) is 8.60. The van der Waals surface area contributed by atoms with E-state index in [2.05, 4.69) is 36.2 Å². The van der Waals surface area contributed by atoms with E-state index in [9.17, 15) is 0 Å². The van der Waals surface area contributed by atoms with Crippen LogP contribution in [0.2, 0.25) is 0 Å². The molecule has 2 saturated heterocycles. The Morgan fingerprint density at radius 1 is 1.27 bits per heavy atom. The summed E-state index contributed by atoms with van der Waals surface area (Å²) in [7, 11) is 3.88. The van der Waals surface area contributed by atoms with E-state index in [0.29, 0.717) is 18.6 Å². The van der Waals surface area contributed by atoms with Gasteiger partial charge in [0, 0.05) is 12.5 Å². The SMILES string of the molecule is COc1ccc(C2COC3(C=CC4CCN(C)C4C3)O2)cc1. The van der Waals surface area contributed by atoms with Crippen LogP contribution in [0.3, 0.4) is 0 Å². The van der Waals surface area contributed by atoms with Crippen LogP contribution in [-0.4, -0.2) is 44.0 Å². The highest BCUT2D eigenvalue weighted by Gasteiger charge is 2.47. The average molecular weight is 301 g/mol. The minimum absolute atomic E-state index is 0.00110. The van der Waals surface area contributed by atoms with E-state index in [1.165, 1.54) is 6.42 Å². The molecule has 2 fully saturated rings. The molecule has 3 aliphatic rings. The first kappa shape index (κ1) is 14.2. The van der Waals surface area contributed by atoms with Crippen molar-refractivity contribution < 1.29 is 14.2 Å². The molecule has 0 amide bonds. The molecule has 1 aliphatic carbocycles. The first-order valence-electron chi connectivity index (χ1n) is 8.04. The molecule has 4 rings (SSSR count). The summed E-state index contributed by atoms with van der Waals surface area (Å²) < 4.78 is 17.6. The van der Waals surface area contributed by atoms with Gasteiger partial charge in [-0.25, -0.2) is 0 Å². The molecule has 22 heavy (non-hydrogen) atoms. The second-order valence-electron chi connectivity index (χ2n) is 6.57. The van der Waals surface area contributed by atoms with Gasteiger partial charge in [0.05, 0.1) is 13.7 Å². The summed E-state index contributed by atoms with van der Waals surface area (Å²) in [5.74, 6) is 0.984. The average Bonchev–Trinajstić information content (AvgIpc) is 3.13. The summed E-state index contributed by atoms with van der Waals surface area (Å²) in [6.07, 6.45) is 6.62. The van der Waals surface area contributed by atoms with E-state index in [1.807, 2.05) is 12.1 Å². The lowest BCUT2D eigenvalue weighted by Crippen LogP contribution is -2.42. The fourth-order valence-corrected chi connectivity index (χ4v) is 3.90. The highest BCUT2D eigenvalue weighted by atomic mass is 16.7. The van der Waals surface area contributed by atoms with Gasteiger partial charge in [-0.15, -0.1) is 0 Å². The van der Waals surface area contributed by atoms with Crippen molar-refractivity contribution in [3.05, 3.63) is 42.0 Å². The van der Waals surface area contributed by atoms with E-state index < -0.39 is 5.79 Å². The number of ether oxygens (including phenoxy) is 3. The highest BCUT2D eigenvalue weighted by molar-refractivity contribution is 5.29. The molecule has 0 saturated carbocycles. The Hall–Kier alpha value is -1.36. The first-order valence-corrected chi connectivity index (χ1v) is 8.04. The van der Waals surface area contributed by atoms with Gasteiger partial charge < -0.3 is 19.1 Å². The fraction of sp³-hybridized carbons (Fsp3) is 0.556. The summed E-state index contributed by atoms with van der Waals surface area (Å²) >= 11 is 0. The Morgan fingerprint density at radius 2 is 2.09 bits per heavy atom. The smallest absolute Gasteiger partial charge is 0.190 e. The van der Waals surface area contributed by atoms with Crippen molar-refractivity contribution >= 4 is 0 Å².